The molecule has 4 rings (SSSR count). The van der Waals surface area contributed by atoms with Crippen LogP contribution >= 0.6 is 27.3 Å². The number of nitrogens with zero attached hydrogens (tertiary/aromatic N) is 4. The van der Waals surface area contributed by atoms with Gasteiger partial charge in [-0.2, -0.15) is 0 Å². The minimum Gasteiger partial charge on any atom is -0.414 e. The Bertz CT molecular complexity index is 1330. The van der Waals surface area contributed by atoms with Crippen molar-refractivity contribution < 1.29 is 12.8 Å². The number of alkyl halides is 1. The van der Waals surface area contributed by atoms with Crippen LogP contribution in [0.25, 0.3) is 33.6 Å². The Balaban J connectivity index is 1.67. The predicted octanol–water partition coefficient (Wildman–Crippen LogP) is 5.31. The molecule has 10 heteroatoms. The van der Waals surface area contributed by atoms with E-state index in [1.165, 1.54) is 0 Å². The molecule has 0 atom stereocenters. The van der Waals surface area contributed by atoms with Gasteiger partial charge in [0, 0.05) is 15.8 Å². The molecule has 1 aromatic carbocycles. The predicted molar refractivity (Wildman–Crippen MR) is 124 cm³/mol. The maximum atomic E-state index is 12.3. The minimum absolute atomic E-state index is 0.284. The van der Waals surface area contributed by atoms with Gasteiger partial charge in [-0.25, -0.2) is 13.4 Å². The molecular weight excluding hydrogens is 500 g/mol. The van der Waals surface area contributed by atoms with Crippen LogP contribution in [0.2, 0.25) is 0 Å². The van der Waals surface area contributed by atoms with Crippen LogP contribution in [0.15, 0.2) is 51.9 Å². The topological polar surface area (TPSA) is 98.8 Å². The van der Waals surface area contributed by atoms with Crippen molar-refractivity contribution in [1.29, 1.82) is 0 Å². The number of sulfone groups is 1. The van der Waals surface area contributed by atoms with Crippen molar-refractivity contribution >= 4 is 37.1 Å². The first-order chi connectivity index (χ1) is 14.8. The zero-order chi connectivity index (χ0) is 22.2. The van der Waals surface area contributed by atoms with E-state index in [2.05, 4.69) is 36.1 Å². The zero-order valence-corrected chi connectivity index (χ0v) is 20.3. The Labute approximate surface area is 192 Å². The van der Waals surface area contributed by atoms with Crippen LogP contribution in [0.3, 0.4) is 0 Å². The summed E-state index contributed by atoms with van der Waals surface area (Å²) in [7, 11) is -3.33. The van der Waals surface area contributed by atoms with Crippen LogP contribution in [-0.4, -0.2) is 33.8 Å². The number of halogens is 1. The SMILES string of the molecule is Cc1ncc(-c2ccc(S(=O)(=O)C(C)C)cc2)nc1-c1nnc(-c2ccc(CBr)s2)o1. The second-order valence-corrected chi connectivity index (χ2v) is 11.4. The second-order valence-electron chi connectivity index (χ2n) is 7.12. The van der Waals surface area contributed by atoms with Crippen LogP contribution < -0.4 is 0 Å². The molecule has 0 bridgehead atoms. The fourth-order valence-corrected chi connectivity index (χ4v) is 5.23. The summed E-state index contributed by atoms with van der Waals surface area (Å²) in [5, 5.41) is 8.59. The van der Waals surface area contributed by atoms with Gasteiger partial charge in [0.05, 0.1) is 32.6 Å². The van der Waals surface area contributed by atoms with Gasteiger partial charge in [0.2, 0.25) is 0 Å². The molecule has 0 aliphatic heterocycles. The third kappa shape index (κ3) is 4.32. The van der Waals surface area contributed by atoms with Crippen LogP contribution in [0.4, 0.5) is 0 Å². The third-order valence-corrected chi connectivity index (χ3v) is 8.91. The first-order valence-corrected chi connectivity index (χ1v) is 12.9. The number of hydrogen-bond acceptors (Lipinski definition) is 8. The molecule has 7 nitrogen and oxygen atoms in total. The van der Waals surface area contributed by atoms with E-state index in [9.17, 15) is 8.42 Å². The highest BCUT2D eigenvalue weighted by molar-refractivity contribution is 9.08. The van der Waals surface area contributed by atoms with Crippen LogP contribution in [0, 0.1) is 6.92 Å². The lowest BCUT2D eigenvalue weighted by atomic mass is 10.1. The molecule has 4 aromatic rings. The van der Waals surface area contributed by atoms with E-state index in [0.717, 1.165) is 20.6 Å². The maximum Gasteiger partial charge on any atom is 0.268 e. The molecule has 0 radical (unpaired) electrons. The van der Waals surface area contributed by atoms with Crippen molar-refractivity contribution in [3.8, 4) is 33.6 Å². The monoisotopic (exact) mass is 518 g/mol. The molecule has 3 aromatic heterocycles. The molecule has 0 amide bonds. The largest absolute Gasteiger partial charge is 0.414 e. The smallest absolute Gasteiger partial charge is 0.268 e. The third-order valence-electron chi connectivity index (χ3n) is 4.69. The van der Waals surface area contributed by atoms with Gasteiger partial charge >= 0.3 is 0 Å². The van der Waals surface area contributed by atoms with Crippen molar-refractivity contribution in [2.45, 2.75) is 36.2 Å². The highest BCUT2D eigenvalue weighted by Gasteiger charge is 2.20. The Hall–Kier alpha value is -2.43. The van der Waals surface area contributed by atoms with Gasteiger partial charge in [-0.1, -0.05) is 28.1 Å². The van der Waals surface area contributed by atoms with Crippen molar-refractivity contribution in [1.82, 2.24) is 20.2 Å². The molecule has 0 spiro atoms. The minimum atomic E-state index is -3.33. The number of aryl methyl sites for hydroxylation is 1. The molecule has 0 N–H and O–H groups in total. The summed E-state index contributed by atoms with van der Waals surface area (Å²) in [6.45, 7) is 5.15. The summed E-state index contributed by atoms with van der Waals surface area (Å²) < 4.78 is 30.6. The lowest BCUT2D eigenvalue weighted by molar-refractivity contribution is 0.582. The first-order valence-electron chi connectivity index (χ1n) is 9.46. The lowest BCUT2D eigenvalue weighted by Crippen LogP contribution is -2.13. The Morgan fingerprint density at radius 2 is 1.77 bits per heavy atom. The highest BCUT2D eigenvalue weighted by Crippen LogP contribution is 2.31. The highest BCUT2D eigenvalue weighted by atomic mass is 79.9. The summed E-state index contributed by atoms with van der Waals surface area (Å²) in [6, 6.07) is 10.6. The molecule has 0 aliphatic carbocycles. The van der Waals surface area contributed by atoms with E-state index in [1.807, 2.05) is 19.1 Å². The van der Waals surface area contributed by atoms with Crippen LogP contribution in [0.5, 0.6) is 0 Å². The van der Waals surface area contributed by atoms with E-state index in [0.29, 0.717) is 23.0 Å². The second kappa shape index (κ2) is 8.60. The number of thiophene rings is 1. The molecule has 0 saturated heterocycles. The molecule has 0 fully saturated rings. The molecule has 160 valence electrons. The maximum absolute atomic E-state index is 12.3. The van der Waals surface area contributed by atoms with E-state index in [-0.39, 0.29) is 10.8 Å². The average molecular weight is 519 g/mol. The summed E-state index contributed by atoms with van der Waals surface area (Å²) in [5.74, 6) is 0.719. The number of benzene rings is 1. The standard InChI is InChI=1S/C21H19BrN4O3S2/c1-12(2)31(27,28)16-7-4-14(5-8-16)17-11-23-13(3)19(24-17)21-26-25-20(29-21)18-9-6-15(10-22)30-18/h4-9,11-12H,10H2,1-3H3. The first kappa shape index (κ1) is 21.8. The molecular formula is C21H19BrN4O3S2. The van der Waals surface area contributed by atoms with E-state index in [1.54, 1.807) is 55.6 Å². The van der Waals surface area contributed by atoms with Gasteiger partial charge in [0.15, 0.2) is 9.84 Å². The average Bonchev–Trinajstić information content (AvgIpc) is 3.43. The number of rotatable bonds is 6. The Kier molecular flexibility index (Phi) is 6.05. The summed E-state index contributed by atoms with van der Waals surface area (Å²) in [6.07, 6.45) is 1.64. The summed E-state index contributed by atoms with van der Waals surface area (Å²) in [4.78, 5) is 11.4. The van der Waals surface area contributed by atoms with Gasteiger partial charge < -0.3 is 4.42 Å². The van der Waals surface area contributed by atoms with Gasteiger partial charge in [-0.15, -0.1) is 21.5 Å². The van der Waals surface area contributed by atoms with Crippen molar-refractivity contribution in [3.05, 3.63) is 53.2 Å². The van der Waals surface area contributed by atoms with E-state index < -0.39 is 15.1 Å². The van der Waals surface area contributed by atoms with E-state index >= 15 is 0 Å². The van der Waals surface area contributed by atoms with Crippen molar-refractivity contribution in [2.24, 2.45) is 0 Å². The van der Waals surface area contributed by atoms with Gasteiger partial charge in [-0.05, 0) is 45.0 Å². The fourth-order valence-electron chi connectivity index (χ4n) is 2.86. The van der Waals surface area contributed by atoms with Crippen LogP contribution in [0.1, 0.15) is 24.4 Å². The summed E-state index contributed by atoms with van der Waals surface area (Å²) >= 11 is 5.01. The summed E-state index contributed by atoms with van der Waals surface area (Å²) in [5.41, 5.74) is 2.49. The number of aromatic nitrogens is 4. The van der Waals surface area contributed by atoms with E-state index in [4.69, 9.17) is 4.42 Å². The fraction of sp³-hybridized carbons (Fsp3) is 0.238. The molecule has 31 heavy (non-hydrogen) atoms. The molecule has 0 saturated carbocycles. The molecule has 0 aliphatic rings. The molecule has 3 heterocycles. The van der Waals surface area contributed by atoms with Crippen molar-refractivity contribution in [2.75, 3.05) is 0 Å². The van der Waals surface area contributed by atoms with Gasteiger partial charge in [0.1, 0.15) is 5.69 Å². The van der Waals surface area contributed by atoms with Crippen LogP contribution in [-0.2, 0) is 15.2 Å². The van der Waals surface area contributed by atoms with Gasteiger partial charge in [0.25, 0.3) is 11.8 Å². The van der Waals surface area contributed by atoms with Gasteiger partial charge in [-0.3, -0.25) is 4.98 Å². The zero-order valence-electron chi connectivity index (χ0n) is 17.0. The number of hydrogen-bond donors (Lipinski definition) is 0. The Morgan fingerprint density at radius 3 is 2.42 bits per heavy atom. The quantitative estimate of drug-likeness (QED) is 0.319. The Morgan fingerprint density at radius 1 is 1.06 bits per heavy atom. The van der Waals surface area contributed by atoms with Crippen molar-refractivity contribution in [3.63, 3.8) is 0 Å². The molecule has 0 unspecified atom stereocenters. The lowest BCUT2D eigenvalue weighted by Gasteiger charge is -2.09. The normalized spacial score (nSPS) is 11.9.